The van der Waals surface area contributed by atoms with Crippen LogP contribution in [0.1, 0.15) is 27.8 Å². The number of hydrogen-bond acceptors (Lipinski definition) is 6. The summed E-state index contributed by atoms with van der Waals surface area (Å²) in [6, 6.07) is 7.81. The summed E-state index contributed by atoms with van der Waals surface area (Å²) < 4.78 is 24.0. The first-order valence-electron chi connectivity index (χ1n) is 9.01. The van der Waals surface area contributed by atoms with Crippen LogP contribution in [-0.4, -0.2) is 55.0 Å². The normalized spacial score (nSPS) is 22.1. The summed E-state index contributed by atoms with van der Waals surface area (Å²) in [5.41, 5.74) is 2.26. The number of imidazole rings is 1. The van der Waals surface area contributed by atoms with Crippen molar-refractivity contribution in [2.24, 2.45) is 0 Å². The van der Waals surface area contributed by atoms with E-state index < -0.39 is 0 Å². The van der Waals surface area contributed by atoms with Crippen LogP contribution in [0.25, 0.3) is 0 Å². The highest BCUT2D eigenvalue weighted by atomic mass is 16.6. The molecule has 2 aliphatic heterocycles. The topological polar surface area (TPSA) is 83.8 Å². The summed E-state index contributed by atoms with van der Waals surface area (Å²) in [4.78, 5) is 16.8. The number of carbonyl (C=O) groups is 1. The molecule has 0 radical (unpaired) electrons. The van der Waals surface area contributed by atoms with Gasteiger partial charge >= 0.3 is 0 Å². The number of rotatable bonds is 5. The zero-order valence-electron chi connectivity index (χ0n) is 15.2. The Morgan fingerprint density at radius 2 is 2.15 bits per heavy atom. The predicted octanol–water partition coefficient (Wildman–Crippen LogP) is 1.31. The molecule has 8 heteroatoms. The van der Waals surface area contributed by atoms with Crippen molar-refractivity contribution in [1.82, 2.24) is 14.9 Å². The molecule has 1 aromatic heterocycles. The van der Waals surface area contributed by atoms with Gasteiger partial charge in [0.05, 0.1) is 58.2 Å². The van der Waals surface area contributed by atoms with Gasteiger partial charge in [-0.2, -0.15) is 0 Å². The minimum Gasteiger partial charge on any atom is -0.497 e. The lowest BCUT2D eigenvalue weighted by atomic mass is 10.1. The summed E-state index contributed by atoms with van der Waals surface area (Å²) in [6.07, 6.45) is 1.50. The molecule has 1 aromatic carbocycles. The molecule has 8 nitrogen and oxygen atoms in total. The van der Waals surface area contributed by atoms with E-state index in [1.165, 1.54) is 0 Å². The Labute approximate surface area is 157 Å². The highest BCUT2D eigenvalue weighted by molar-refractivity contribution is 5.93. The maximum Gasteiger partial charge on any atom is 0.271 e. The second-order valence-electron chi connectivity index (χ2n) is 6.54. The van der Waals surface area contributed by atoms with Gasteiger partial charge in [0, 0.05) is 6.54 Å². The standard InChI is InChI=1S/C19H23N3O5/c1-24-14-4-2-13(3-5-14)17-9-22-12-21-18(16(22)11-27-17)19(23)20-8-15-10-25-6-7-26-15/h2-5,12,15,17H,6-11H2,1H3,(H,20,23)/t15-,17-/m0/s1. The van der Waals surface area contributed by atoms with Crippen molar-refractivity contribution in [3.63, 3.8) is 0 Å². The third-order valence-electron chi connectivity index (χ3n) is 4.81. The summed E-state index contributed by atoms with van der Waals surface area (Å²) in [5.74, 6) is 0.591. The number of benzene rings is 1. The van der Waals surface area contributed by atoms with Gasteiger partial charge in [0.25, 0.3) is 5.91 Å². The van der Waals surface area contributed by atoms with E-state index in [0.29, 0.717) is 45.2 Å². The average Bonchev–Trinajstić information content (AvgIpc) is 3.16. The van der Waals surface area contributed by atoms with Gasteiger partial charge in [0.1, 0.15) is 11.9 Å². The second kappa shape index (κ2) is 8.08. The smallest absolute Gasteiger partial charge is 0.271 e. The molecule has 2 aromatic rings. The zero-order valence-corrected chi connectivity index (χ0v) is 15.2. The van der Waals surface area contributed by atoms with Crippen molar-refractivity contribution < 1.29 is 23.7 Å². The molecule has 0 aliphatic carbocycles. The molecular weight excluding hydrogens is 350 g/mol. The van der Waals surface area contributed by atoms with E-state index in [9.17, 15) is 4.79 Å². The third-order valence-corrected chi connectivity index (χ3v) is 4.81. The molecule has 2 atom stereocenters. The van der Waals surface area contributed by atoms with E-state index in [0.717, 1.165) is 17.0 Å². The fourth-order valence-electron chi connectivity index (χ4n) is 3.28. The molecule has 0 bridgehead atoms. The van der Waals surface area contributed by atoms with Crippen LogP contribution >= 0.6 is 0 Å². The number of ether oxygens (including phenoxy) is 4. The summed E-state index contributed by atoms with van der Waals surface area (Å²) in [6.45, 7) is 3.01. The van der Waals surface area contributed by atoms with E-state index in [1.807, 2.05) is 28.8 Å². The summed E-state index contributed by atoms with van der Waals surface area (Å²) in [7, 11) is 1.64. The Hall–Kier alpha value is -2.42. The van der Waals surface area contributed by atoms with Gasteiger partial charge in [0.2, 0.25) is 0 Å². The molecule has 1 amide bonds. The first kappa shape index (κ1) is 18.0. The van der Waals surface area contributed by atoms with E-state index in [-0.39, 0.29) is 18.1 Å². The Kier molecular flexibility index (Phi) is 5.38. The Balaban J connectivity index is 1.39. The Bertz CT molecular complexity index is 783. The monoisotopic (exact) mass is 373 g/mol. The minimum atomic E-state index is -0.218. The second-order valence-corrected chi connectivity index (χ2v) is 6.54. The molecule has 3 heterocycles. The number of hydrogen-bond donors (Lipinski definition) is 1. The van der Waals surface area contributed by atoms with Gasteiger partial charge < -0.3 is 28.8 Å². The van der Waals surface area contributed by atoms with Crippen molar-refractivity contribution >= 4 is 5.91 Å². The number of fused-ring (bicyclic) bond motifs is 1. The van der Waals surface area contributed by atoms with Crippen LogP contribution < -0.4 is 10.1 Å². The van der Waals surface area contributed by atoms with E-state index in [1.54, 1.807) is 13.4 Å². The summed E-state index contributed by atoms with van der Waals surface area (Å²) >= 11 is 0. The van der Waals surface area contributed by atoms with Crippen molar-refractivity contribution in [2.75, 3.05) is 33.5 Å². The molecule has 0 unspecified atom stereocenters. The Morgan fingerprint density at radius 1 is 1.30 bits per heavy atom. The average molecular weight is 373 g/mol. The lowest BCUT2D eigenvalue weighted by Gasteiger charge is -2.26. The molecule has 27 heavy (non-hydrogen) atoms. The highest BCUT2D eigenvalue weighted by Crippen LogP contribution is 2.28. The third kappa shape index (κ3) is 3.97. The van der Waals surface area contributed by atoms with Crippen LogP contribution in [0, 0.1) is 0 Å². The number of nitrogens with one attached hydrogen (secondary N) is 1. The van der Waals surface area contributed by atoms with Gasteiger partial charge in [-0.3, -0.25) is 4.79 Å². The molecular formula is C19H23N3O5. The van der Waals surface area contributed by atoms with Crippen LogP contribution in [0.3, 0.4) is 0 Å². The van der Waals surface area contributed by atoms with E-state index in [4.69, 9.17) is 18.9 Å². The summed E-state index contributed by atoms with van der Waals surface area (Å²) in [5, 5.41) is 2.87. The van der Waals surface area contributed by atoms with Crippen molar-refractivity contribution in [3.05, 3.63) is 47.5 Å². The molecule has 0 saturated carbocycles. The highest BCUT2D eigenvalue weighted by Gasteiger charge is 2.27. The quantitative estimate of drug-likeness (QED) is 0.851. The maximum atomic E-state index is 12.5. The largest absolute Gasteiger partial charge is 0.497 e. The van der Waals surface area contributed by atoms with Crippen molar-refractivity contribution in [2.45, 2.75) is 25.4 Å². The van der Waals surface area contributed by atoms with Crippen LogP contribution in [0.4, 0.5) is 0 Å². The van der Waals surface area contributed by atoms with Crippen molar-refractivity contribution in [1.29, 1.82) is 0 Å². The fourth-order valence-corrected chi connectivity index (χ4v) is 3.28. The van der Waals surface area contributed by atoms with Gasteiger partial charge in [0.15, 0.2) is 5.69 Å². The number of aromatic nitrogens is 2. The van der Waals surface area contributed by atoms with Crippen LogP contribution in [-0.2, 0) is 27.4 Å². The minimum absolute atomic E-state index is 0.0821. The van der Waals surface area contributed by atoms with Crippen LogP contribution in [0.5, 0.6) is 5.75 Å². The number of amides is 1. The van der Waals surface area contributed by atoms with Gasteiger partial charge in [-0.15, -0.1) is 0 Å². The first-order chi connectivity index (χ1) is 13.2. The molecule has 1 N–H and O–H groups in total. The first-order valence-corrected chi connectivity index (χ1v) is 9.01. The Morgan fingerprint density at radius 3 is 2.89 bits per heavy atom. The molecule has 1 fully saturated rings. The zero-order chi connectivity index (χ0) is 18.6. The molecule has 4 rings (SSSR count). The molecule has 2 aliphatic rings. The number of nitrogens with zero attached hydrogens (tertiary/aromatic N) is 2. The van der Waals surface area contributed by atoms with E-state index in [2.05, 4.69) is 10.3 Å². The number of carbonyl (C=O) groups excluding carboxylic acids is 1. The maximum absolute atomic E-state index is 12.5. The van der Waals surface area contributed by atoms with Gasteiger partial charge in [-0.25, -0.2) is 4.98 Å². The van der Waals surface area contributed by atoms with E-state index >= 15 is 0 Å². The molecule has 0 spiro atoms. The lowest BCUT2D eigenvalue weighted by molar-refractivity contribution is -0.0855. The van der Waals surface area contributed by atoms with Crippen LogP contribution in [0.2, 0.25) is 0 Å². The SMILES string of the molecule is COc1ccc([C@@H]2Cn3cnc(C(=O)NC[C@H]4COCCO4)c3CO2)cc1. The van der Waals surface area contributed by atoms with Gasteiger partial charge in [-0.05, 0) is 17.7 Å². The molecule has 144 valence electrons. The molecule has 1 saturated heterocycles. The van der Waals surface area contributed by atoms with Crippen molar-refractivity contribution in [3.8, 4) is 5.75 Å². The lowest BCUT2D eigenvalue weighted by Crippen LogP contribution is -2.40. The van der Waals surface area contributed by atoms with Gasteiger partial charge in [-0.1, -0.05) is 12.1 Å². The predicted molar refractivity (Wildman–Crippen MR) is 95.6 cm³/mol. The number of methoxy groups -OCH3 is 1. The van der Waals surface area contributed by atoms with Crippen LogP contribution in [0.15, 0.2) is 30.6 Å². The fraction of sp³-hybridized carbons (Fsp3) is 0.474.